The van der Waals surface area contributed by atoms with Crippen LogP contribution in [0.3, 0.4) is 0 Å². The molecule has 0 saturated heterocycles. The molecule has 142 valence electrons. The molecule has 0 aromatic heterocycles. The molecule has 0 unspecified atom stereocenters. The number of rotatable bonds is 6. The summed E-state index contributed by atoms with van der Waals surface area (Å²) in [6.07, 6.45) is 2.98. The van der Waals surface area contributed by atoms with Gasteiger partial charge in [0.15, 0.2) is 0 Å². The van der Waals surface area contributed by atoms with E-state index in [9.17, 15) is 18.4 Å². The lowest BCUT2D eigenvalue weighted by molar-refractivity contribution is -0.0799. The number of allylic oxidation sites excluding steroid dienone is 4. The number of anilines is 2. The van der Waals surface area contributed by atoms with Crippen molar-refractivity contribution in [1.29, 1.82) is 10.7 Å². The fourth-order valence-electron chi connectivity index (χ4n) is 2.10. The molecule has 0 bridgehead atoms. The van der Waals surface area contributed by atoms with Gasteiger partial charge in [-0.05, 0) is 25.1 Å². The van der Waals surface area contributed by atoms with Crippen LogP contribution in [-0.2, 0) is 0 Å². The molecule has 1 rings (SSSR count). The average molecular weight is 374 g/mol. The van der Waals surface area contributed by atoms with Crippen molar-refractivity contribution in [2.75, 3.05) is 23.9 Å². The largest absolute Gasteiger partial charge is 0.411 e. The lowest BCUT2D eigenvalue weighted by Crippen LogP contribution is -2.26. The highest BCUT2D eigenvalue weighted by molar-refractivity contribution is 6.10. The molecule has 27 heavy (non-hydrogen) atoms. The molecule has 1 N–H and O–H groups in total. The first-order valence-corrected chi connectivity index (χ1v) is 7.94. The quantitative estimate of drug-likeness (QED) is 0.424. The van der Waals surface area contributed by atoms with Gasteiger partial charge in [0.05, 0.1) is 11.3 Å². The van der Waals surface area contributed by atoms with Crippen LogP contribution in [0.25, 0.3) is 0 Å². The second kappa shape index (κ2) is 9.43. The number of nitrogens with one attached hydrogen (secondary N) is 1. The number of benzene rings is 1. The molecule has 0 aliphatic carbocycles. The van der Waals surface area contributed by atoms with E-state index >= 15 is 0 Å². The number of hydrogen-bond acceptors (Lipinski definition) is 3. The lowest BCUT2D eigenvalue weighted by Gasteiger charge is -2.24. The molecule has 0 aliphatic heterocycles. The van der Waals surface area contributed by atoms with Crippen molar-refractivity contribution in [3.63, 3.8) is 0 Å². The fraction of sp³-hybridized carbons (Fsp3) is 0.200. The summed E-state index contributed by atoms with van der Waals surface area (Å²) in [5.74, 6) is -0.217. The van der Waals surface area contributed by atoms with Gasteiger partial charge in [-0.3, -0.25) is 5.41 Å². The van der Waals surface area contributed by atoms with Crippen LogP contribution in [0.2, 0.25) is 0 Å². The van der Waals surface area contributed by atoms with E-state index in [-0.39, 0.29) is 17.5 Å². The fourth-order valence-corrected chi connectivity index (χ4v) is 2.10. The molecular weight excluding hydrogens is 353 g/mol. The van der Waals surface area contributed by atoms with E-state index in [4.69, 9.17) is 5.41 Å². The van der Waals surface area contributed by atoms with Crippen molar-refractivity contribution >= 4 is 17.2 Å². The third kappa shape index (κ3) is 6.51. The van der Waals surface area contributed by atoms with Crippen LogP contribution >= 0.6 is 0 Å². The number of alkyl halides is 3. The Balaban J connectivity index is 3.41. The van der Waals surface area contributed by atoms with Crippen LogP contribution in [0, 0.1) is 16.7 Å². The predicted molar refractivity (Wildman–Crippen MR) is 104 cm³/mol. The Morgan fingerprint density at radius 1 is 1.26 bits per heavy atom. The SMILES string of the molecule is C=C(/C=C\C=C/C)C(=N)N(/C=C/C(F)(F)F)c1ccc(C#N)c(N(C)C)c1. The number of nitrogens with zero attached hydrogens (tertiary/aromatic N) is 3. The van der Waals surface area contributed by atoms with Crippen LogP contribution in [0.5, 0.6) is 0 Å². The van der Waals surface area contributed by atoms with Gasteiger partial charge in [-0.2, -0.15) is 18.4 Å². The third-order valence-corrected chi connectivity index (χ3v) is 3.42. The highest BCUT2D eigenvalue weighted by Gasteiger charge is 2.24. The second-order valence-corrected chi connectivity index (χ2v) is 5.69. The van der Waals surface area contributed by atoms with Gasteiger partial charge in [0.25, 0.3) is 0 Å². The van der Waals surface area contributed by atoms with Crippen LogP contribution in [0.1, 0.15) is 12.5 Å². The average Bonchev–Trinajstić information content (AvgIpc) is 2.60. The Bertz CT molecular complexity index is 825. The number of halogens is 3. The molecule has 0 fully saturated rings. The lowest BCUT2D eigenvalue weighted by atomic mass is 10.1. The first-order valence-electron chi connectivity index (χ1n) is 7.94. The monoisotopic (exact) mass is 374 g/mol. The molecule has 0 radical (unpaired) electrons. The third-order valence-electron chi connectivity index (χ3n) is 3.42. The van der Waals surface area contributed by atoms with Gasteiger partial charge in [-0.15, -0.1) is 0 Å². The van der Waals surface area contributed by atoms with Gasteiger partial charge in [-0.1, -0.05) is 30.9 Å². The minimum atomic E-state index is -4.53. The molecule has 1 aromatic carbocycles. The maximum absolute atomic E-state index is 12.7. The molecule has 4 nitrogen and oxygen atoms in total. The first kappa shape index (κ1) is 21.8. The number of hydrogen-bond donors (Lipinski definition) is 1. The highest BCUT2D eigenvalue weighted by Crippen LogP contribution is 2.28. The van der Waals surface area contributed by atoms with Crippen LogP contribution < -0.4 is 9.80 Å². The normalized spacial score (nSPS) is 11.9. The zero-order valence-electron chi connectivity index (χ0n) is 15.4. The summed E-state index contributed by atoms with van der Waals surface area (Å²) in [6, 6.07) is 6.58. The smallest absolute Gasteiger partial charge is 0.377 e. The summed E-state index contributed by atoms with van der Waals surface area (Å²) in [5, 5.41) is 17.5. The van der Waals surface area contributed by atoms with E-state index in [2.05, 4.69) is 6.58 Å². The van der Waals surface area contributed by atoms with E-state index < -0.39 is 6.18 Å². The van der Waals surface area contributed by atoms with Crippen molar-refractivity contribution in [1.82, 2.24) is 0 Å². The summed E-state index contributed by atoms with van der Waals surface area (Å²) in [4.78, 5) is 2.75. The van der Waals surface area contributed by atoms with Crippen molar-refractivity contribution in [3.05, 3.63) is 72.5 Å². The van der Waals surface area contributed by atoms with Crippen LogP contribution in [0.15, 0.2) is 66.9 Å². The Hall–Kier alpha value is -3.27. The van der Waals surface area contributed by atoms with Gasteiger partial charge < -0.3 is 9.80 Å². The van der Waals surface area contributed by atoms with E-state index in [1.807, 2.05) is 13.0 Å². The summed E-state index contributed by atoms with van der Waals surface area (Å²) < 4.78 is 38.1. The van der Waals surface area contributed by atoms with Gasteiger partial charge in [-0.25, -0.2) is 0 Å². The first-order chi connectivity index (χ1) is 12.6. The zero-order chi connectivity index (χ0) is 20.6. The molecule has 7 heteroatoms. The minimum absolute atomic E-state index is 0.0536. The Morgan fingerprint density at radius 3 is 2.44 bits per heavy atom. The molecular formula is C20H21F3N4. The molecule has 0 heterocycles. The molecule has 0 spiro atoms. The van der Waals surface area contributed by atoms with Crippen molar-refractivity contribution in [2.24, 2.45) is 0 Å². The maximum atomic E-state index is 12.7. The Labute approximate surface area is 157 Å². The molecule has 1 aromatic rings. The summed E-state index contributed by atoms with van der Waals surface area (Å²) in [6.45, 7) is 5.56. The molecule has 0 amide bonds. The van der Waals surface area contributed by atoms with E-state index in [0.29, 0.717) is 16.9 Å². The van der Waals surface area contributed by atoms with Gasteiger partial charge in [0, 0.05) is 37.6 Å². The summed E-state index contributed by atoms with van der Waals surface area (Å²) >= 11 is 0. The van der Waals surface area contributed by atoms with Gasteiger partial charge in [0.1, 0.15) is 11.9 Å². The molecule has 0 aliphatic rings. The van der Waals surface area contributed by atoms with Crippen LogP contribution in [-0.4, -0.2) is 26.1 Å². The van der Waals surface area contributed by atoms with Crippen molar-refractivity contribution in [2.45, 2.75) is 13.1 Å². The van der Waals surface area contributed by atoms with Gasteiger partial charge >= 0.3 is 6.18 Å². The standard InChI is InChI=1S/C20H21F3N4/c1-5-6-7-8-15(2)19(25)27(12-11-20(21,22)23)17-10-9-16(14-24)18(13-17)26(3)4/h5-13,25H,2H2,1,3-4H3/b6-5-,8-7-,12-11+,25-19?. The Morgan fingerprint density at radius 2 is 1.93 bits per heavy atom. The van der Waals surface area contributed by atoms with Crippen molar-refractivity contribution in [3.8, 4) is 6.07 Å². The predicted octanol–water partition coefficient (Wildman–Crippen LogP) is 5.17. The maximum Gasteiger partial charge on any atom is 0.411 e. The zero-order valence-corrected chi connectivity index (χ0v) is 15.4. The number of nitriles is 1. The van der Waals surface area contributed by atoms with Crippen LogP contribution in [0.4, 0.5) is 24.5 Å². The number of amidine groups is 1. The highest BCUT2D eigenvalue weighted by atomic mass is 19.4. The van der Waals surface area contributed by atoms with E-state index in [1.54, 1.807) is 43.3 Å². The molecule has 0 atom stereocenters. The van der Waals surface area contributed by atoms with Crippen molar-refractivity contribution < 1.29 is 13.2 Å². The van der Waals surface area contributed by atoms with Gasteiger partial charge in [0.2, 0.25) is 0 Å². The summed E-state index contributed by atoms with van der Waals surface area (Å²) in [5.41, 5.74) is 1.45. The van der Waals surface area contributed by atoms with E-state index in [0.717, 1.165) is 11.1 Å². The Kier molecular flexibility index (Phi) is 7.61. The summed E-state index contributed by atoms with van der Waals surface area (Å²) in [7, 11) is 3.44. The van der Waals surface area contributed by atoms with E-state index in [1.165, 1.54) is 18.2 Å². The second-order valence-electron chi connectivity index (χ2n) is 5.69. The topological polar surface area (TPSA) is 54.1 Å². The minimum Gasteiger partial charge on any atom is -0.377 e. The molecule has 0 saturated carbocycles.